The van der Waals surface area contributed by atoms with Crippen LogP contribution in [0.4, 0.5) is 0 Å². The molecular formula is C30H56O12. The van der Waals surface area contributed by atoms with E-state index in [0.717, 1.165) is 0 Å². The molecule has 12 heteroatoms. The molecule has 0 aromatic heterocycles. The van der Waals surface area contributed by atoms with Gasteiger partial charge in [-0.2, -0.15) is 0 Å². The van der Waals surface area contributed by atoms with Gasteiger partial charge in [0.2, 0.25) is 0 Å². The molecule has 42 heavy (non-hydrogen) atoms. The zero-order valence-corrected chi connectivity index (χ0v) is 27.9. The lowest BCUT2D eigenvalue weighted by Crippen LogP contribution is -2.47. The van der Waals surface area contributed by atoms with E-state index in [-0.39, 0.29) is 71.2 Å². The molecule has 0 bridgehead atoms. The summed E-state index contributed by atoms with van der Waals surface area (Å²) in [6, 6.07) is 0. The van der Waals surface area contributed by atoms with Gasteiger partial charge in [-0.3, -0.25) is 0 Å². The third kappa shape index (κ3) is 18.0. The van der Waals surface area contributed by atoms with Gasteiger partial charge in [0.15, 0.2) is 16.8 Å². The highest BCUT2D eigenvalue weighted by atomic mass is 16.6. The molecule has 0 radical (unpaired) electrons. The van der Waals surface area contributed by atoms with Crippen molar-refractivity contribution >= 4 is 17.9 Å². The molecular weight excluding hydrogens is 552 g/mol. The van der Waals surface area contributed by atoms with Crippen LogP contribution >= 0.6 is 0 Å². The molecule has 0 spiro atoms. The molecule has 0 fully saturated rings. The number of carbonyl (C=O) groups is 3. The van der Waals surface area contributed by atoms with Crippen LogP contribution in [0.1, 0.15) is 83.1 Å². The smallest absolute Gasteiger partial charge is 0.337 e. The Morgan fingerprint density at radius 1 is 0.476 bits per heavy atom. The van der Waals surface area contributed by atoms with Crippen LogP contribution in [0, 0.1) is 0 Å². The second-order valence-corrected chi connectivity index (χ2v) is 12.1. The van der Waals surface area contributed by atoms with Crippen molar-refractivity contribution in [3.63, 3.8) is 0 Å². The van der Waals surface area contributed by atoms with E-state index in [0.29, 0.717) is 0 Å². The lowest BCUT2D eigenvalue weighted by molar-refractivity contribution is -0.203. The molecule has 12 nitrogen and oxygen atoms in total. The summed E-state index contributed by atoms with van der Waals surface area (Å²) < 4.78 is 50.0. The zero-order valence-electron chi connectivity index (χ0n) is 27.9. The lowest BCUT2D eigenvalue weighted by atomic mass is 10.1. The standard InChI is InChI=1S/C30H56O12/c1-21(2)34-13-16-37-25(31)28(7,8)40-19-24(42-30(11,12)27(33)39-18-15-36-23(5)6)20-41-29(9,10)26(32)38-17-14-35-22(3)4/h21-24H,13-20H2,1-12H3. The molecule has 0 aromatic carbocycles. The van der Waals surface area contributed by atoms with E-state index in [9.17, 15) is 14.4 Å². The summed E-state index contributed by atoms with van der Waals surface area (Å²) in [5.74, 6) is -1.80. The molecule has 0 N–H and O–H groups in total. The Bertz CT molecular complexity index is 745. The minimum Gasteiger partial charge on any atom is -0.461 e. The fourth-order valence-electron chi connectivity index (χ4n) is 3.08. The van der Waals surface area contributed by atoms with Crippen molar-refractivity contribution in [2.45, 2.75) is 124 Å². The van der Waals surface area contributed by atoms with Gasteiger partial charge in [0.1, 0.15) is 25.9 Å². The van der Waals surface area contributed by atoms with E-state index in [2.05, 4.69) is 0 Å². The molecule has 0 rings (SSSR count). The van der Waals surface area contributed by atoms with Crippen molar-refractivity contribution in [3.05, 3.63) is 0 Å². The molecule has 0 unspecified atom stereocenters. The van der Waals surface area contributed by atoms with E-state index in [1.165, 1.54) is 0 Å². The van der Waals surface area contributed by atoms with Crippen molar-refractivity contribution in [3.8, 4) is 0 Å². The Morgan fingerprint density at radius 2 is 0.762 bits per heavy atom. The van der Waals surface area contributed by atoms with Gasteiger partial charge in [0.05, 0.1) is 51.3 Å². The van der Waals surface area contributed by atoms with Crippen LogP contribution in [0.3, 0.4) is 0 Å². The van der Waals surface area contributed by atoms with Gasteiger partial charge in [-0.25, -0.2) is 14.4 Å². The third-order valence-electron chi connectivity index (χ3n) is 5.50. The molecule has 0 heterocycles. The number of esters is 3. The highest BCUT2D eigenvalue weighted by Gasteiger charge is 2.38. The van der Waals surface area contributed by atoms with Gasteiger partial charge >= 0.3 is 17.9 Å². The molecule has 0 saturated carbocycles. The summed E-state index contributed by atoms with van der Waals surface area (Å²) in [6.45, 7) is 21.3. The first kappa shape index (κ1) is 40.2. The van der Waals surface area contributed by atoms with Gasteiger partial charge in [-0.1, -0.05) is 0 Å². The molecule has 0 aliphatic rings. The number of carbonyl (C=O) groups excluding carboxylic acids is 3. The van der Waals surface area contributed by atoms with Crippen LogP contribution in [0.25, 0.3) is 0 Å². The molecule has 248 valence electrons. The number of hydrogen-bond acceptors (Lipinski definition) is 12. The normalized spacial score (nSPS) is 12.9. The Balaban J connectivity index is 5.37. The molecule has 0 aromatic rings. The molecule has 0 aliphatic heterocycles. The van der Waals surface area contributed by atoms with Crippen molar-refractivity contribution in [1.82, 2.24) is 0 Å². The first-order valence-electron chi connectivity index (χ1n) is 14.6. The van der Waals surface area contributed by atoms with E-state index < -0.39 is 40.8 Å². The minimum absolute atomic E-state index is 0.00203. The topological polar surface area (TPSA) is 134 Å². The Hall–Kier alpha value is -1.83. The Morgan fingerprint density at radius 3 is 1.05 bits per heavy atom. The summed E-state index contributed by atoms with van der Waals surface area (Å²) in [5.41, 5.74) is -4.10. The van der Waals surface area contributed by atoms with E-state index in [4.69, 9.17) is 42.6 Å². The molecule has 0 atom stereocenters. The number of rotatable bonds is 23. The zero-order chi connectivity index (χ0) is 32.6. The minimum atomic E-state index is -1.41. The van der Waals surface area contributed by atoms with Crippen LogP contribution < -0.4 is 0 Å². The molecule has 0 amide bonds. The molecule has 0 aliphatic carbocycles. The third-order valence-corrected chi connectivity index (χ3v) is 5.50. The predicted octanol–water partition coefficient (Wildman–Crippen LogP) is 3.65. The van der Waals surface area contributed by atoms with Crippen molar-refractivity contribution in [2.75, 3.05) is 52.9 Å². The fraction of sp³-hybridized carbons (Fsp3) is 0.900. The van der Waals surface area contributed by atoms with Crippen LogP contribution in [0.2, 0.25) is 0 Å². The van der Waals surface area contributed by atoms with Crippen molar-refractivity contribution in [2.24, 2.45) is 0 Å². The second-order valence-electron chi connectivity index (χ2n) is 12.1. The van der Waals surface area contributed by atoms with Gasteiger partial charge in [-0.05, 0) is 83.1 Å². The molecule has 0 saturated heterocycles. The summed E-state index contributed by atoms with van der Waals surface area (Å²) in [4.78, 5) is 38.1. The van der Waals surface area contributed by atoms with Crippen LogP contribution in [0.5, 0.6) is 0 Å². The first-order chi connectivity index (χ1) is 19.3. The van der Waals surface area contributed by atoms with Gasteiger partial charge in [-0.15, -0.1) is 0 Å². The first-order valence-corrected chi connectivity index (χ1v) is 14.6. The van der Waals surface area contributed by atoms with E-state index in [1.807, 2.05) is 41.5 Å². The average Bonchev–Trinajstić information content (AvgIpc) is 2.87. The number of hydrogen-bond donors (Lipinski definition) is 0. The van der Waals surface area contributed by atoms with Crippen LogP contribution in [-0.2, 0) is 57.0 Å². The maximum absolute atomic E-state index is 12.8. The average molecular weight is 609 g/mol. The van der Waals surface area contributed by atoms with Gasteiger partial charge in [0, 0.05) is 0 Å². The van der Waals surface area contributed by atoms with Crippen LogP contribution in [0.15, 0.2) is 0 Å². The van der Waals surface area contributed by atoms with Crippen molar-refractivity contribution < 1.29 is 57.0 Å². The van der Waals surface area contributed by atoms with Gasteiger partial charge in [0.25, 0.3) is 0 Å². The van der Waals surface area contributed by atoms with Crippen molar-refractivity contribution in [1.29, 1.82) is 0 Å². The quantitative estimate of drug-likeness (QED) is 0.0952. The highest BCUT2D eigenvalue weighted by molar-refractivity contribution is 5.79. The highest BCUT2D eigenvalue weighted by Crippen LogP contribution is 2.21. The van der Waals surface area contributed by atoms with E-state index in [1.54, 1.807) is 41.5 Å². The van der Waals surface area contributed by atoms with E-state index >= 15 is 0 Å². The summed E-state index contributed by atoms with van der Waals surface area (Å²) in [7, 11) is 0. The lowest BCUT2D eigenvalue weighted by Gasteiger charge is -2.33. The maximum Gasteiger partial charge on any atom is 0.337 e. The second kappa shape index (κ2) is 19.4. The largest absolute Gasteiger partial charge is 0.461 e. The Labute approximate surface area is 252 Å². The fourth-order valence-corrected chi connectivity index (χ4v) is 3.08. The monoisotopic (exact) mass is 608 g/mol. The predicted molar refractivity (Wildman–Crippen MR) is 155 cm³/mol. The van der Waals surface area contributed by atoms with Gasteiger partial charge < -0.3 is 42.6 Å². The summed E-state index contributed by atoms with van der Waals surface area (Å²) in [6.07, 6.45) is -0.855. The maximum atomic E-state index is 12.8. The van der Waals surface area contributed by atoms with Crippen LogP contribution in [-0.4, -0.2) is 112 Å². The Kier molecular flexibility index (Phi) is 18.6. The summed E-state index contributed by atoms with van der Waals surface area (Å²) in [5, 5.41) is 0. The number of ether oxygens (including phenoxy) is 9. The summed E-state index contributed by atoms with van der Waals surface area (Å²) >= 11 is 0. The SMILES string of the molecule is CC(C)OCCOC(=O)C(C)(C)OCC(COC(C)(C)C(=O)OCCOC(C)C)OC(C)(C)C(=O)OCCOC(C)C.